The molecule has 6 heteroatoms. The van der Waals surface area contributed by atoms with E-state index in [-0.39, 0.29) is 4.90 Å². The zero-order chi connectivity index (χ0) is 12.2. The third kappa shape index (κ3) is 3.19. The number of nitrogens with one attached hydrogen (secondary N) is 1. The molecule has 0 radical (unpaired) electrons. The molecule has 0 saturated heterocycles. The summed E-state index contributed by atoms with van der Waals surface area (Å²) >= 11 is 0. The Morgan fingerprint density at radius 2 is 2.00 bits per heavy atom. The molecule has 1 rings (SSSR count). The fourth-order valence-electron chi connectivity index (χ4n) is 1.28. The molecule has 16 heavy (non-hydrogen) atoms. The maximum absolute atomic E-state index is 11.5. The van der Waals surface area contributed by atoms with E-state index in [2.05, 4.69) is 5.48 Å². The average molecular weight is 245 g/mol. The quantitative estimate of drug-likeness (QED) is 0.775. The first-order valence-electron chi connectivity index (χ1n) is 4.62. The minimum Gasteiger partial charge on any atom is -0.495 e. The maximum atomic E-state index is 11.5. The van der Waals surface area contributed by atoms with Crippen molar-refractivity contribution < 1.29 is 18.0 Å². The molecule has 0 fully saturated rings. The molecule has 0 aliphatic carbocycles. The molecule has 0 aliphatic heterocycles. The molecule has 0 heterocycles. The van der Waals surface area contributed by atoms with Gasteiger partial charge in [-0.15, -0.1) is 0 Å². The first-order valence-corrected chi connectivity index (χ1v) is 6.51. The van der Waals surface area contributed by atoms with Gasteiger partial charge < -0.3 is 9.57 Å². The lowest BCUT2D eigenvalue weighted by Crippen LogP contribution is -2.11. The Hall–Kier alpha value is -1.11. The van der Waals surface area contributed by atoms with Crippen LogP contribution in [-0.2, 0) is 21.2 Å². The summed E-state index contributed by atoms with van der Waals surface area (Å²) in [5.41, 5.74) is 3.45. The van der Waals surface area contributed by atoms with E-state index in [1.807, 2.05) is 0 Å². The lowest BCUT2D eigenvalue weighted by molar-refractivity contribution is 0.0866. The number of sulfone groups is 1. The monoisotopic (exact) mass is 245 g/mol. The summed E-state index contributed by atoms with van der Waals surface area (Å²) in [5.74, 6) is 0.351. The van der Waals surface area contributed by atoms with Gasteiger partial charge in [0.25, 0.3) is 0 Å². The lowest BCUT2D eigenvalue weighted by Gasteiger charge is -2.09. The van der Waals surface area contributed by atoms with Gasteiger partial charge >= 0.3 is 0 Å². The third-order valence-electron chi connectivity index (χ3n) is 2.05. The van der Waals surface area contributed by atoms with Gasteiger partial charge in [-0.25, -0.2) is 8.42 Å². The minimum atomic E-state index is -3.29. The standard InChI is InChI=1S/C10H15NO4S/c1-14-9-5-4-8(7-11-15-2)6-10(9)16(3,12)13/h4-6,11H,7H2,1-3H3. The first-order chi connectivity index (χ1) is 7.49. The van der Waals surface area contributed by atoms with Crippen molar-refractivity contribution >= 4 is 9.84 Å². The van der Waals surface area contributed by atoms with Crippen molar-refractivity contribution in [1.82, 2.24) is 5.48 Å². The molecule has 0 unspecified atom stereocenters. The molecule has 5 nitrogen and oxygen atoms in total. The summed E-state index contributed by atoms with van der Waals surface area (Å²) in [4.78, 5) is 4.88. The van der Waals surface area contributed by atoms with Gasteiger partial charge in [0.15, 0.2) is 9.84 Å². The second-order valence-electron chi connectivity index (χ2n) is 3.28. The van der Waals surface area contributed by atoms with E-state index in [0.29, 0.717) is 12.3 Å². The van der Waals surface area contributed by atoms with E-state index in [0.717, 1.165) is 11.8 Å². The molecule has 0 saturated carbocycles. The Balaban J connectivity index is 3.12. The summed E-state index contributed by atoms with van der Waals surface area (Å²) in [7, 11) is -0.344. The maximum Gasteiger partial charge on any atom is 0.179 e. The molecule has 0 spiro atoms. The summed E-state index contributed by atoms with van der Waals surface area (Å²) in [6, 6.07) is 4.97. The zero-order valence-corrected chi connectivity index (χ0v) is 10.3. The Bertz CT molecular complexity index is 456. The smallest absolute Gasteiger partial charge is 0.179 e. The molecule has 0 aromatic heterocycles. The number of methoxy groups -OCH3 is 1. The van der Waals surface area contributed by atoms with Crippen LogP contribution in [-0.4, -0.2) is 28.9 Å². The normalized spacial score (nSPS) is 11.4. The fraction of sp³-hybridized carbons (Fsp3) is 0.400. The number of benzene rings is 1. The van der Waals surface area contributed by atoms with E-state index in [9.17, 15) is 8.42 Å². The first kappa shape index (κ1) is 13.0. The van der Waals surface area contributed by atoms with Gasteiger partial charge in [0, 0.05) is 12.8 Å². The highest BCUT2D eigenvalue weighted by atomic mass is 32.2. The minimum absolute atomic E-state index is 0.186. The van der Waals surface area contributed by atoms with Crippen LogP contribution in [0.5, 0.6) is 5.75 Å². The highest BCUT2D eigenvalue weighted by Gasteiger charge is 2.14. The number of ether oxygens (including phenoxy) is 1. The van der Waals surface area contributed by atoms with Crippen LogP contribution in [0.2, 0.25) is 0 Å². The van der Waals surface area contributed by atoms with Gasteiger partial charge in [-0.05, 0) is 17.7 Å². The predicted molar refractivity (Wildman–Crippen MR) is 60.0 cm³/mol. The zero-order valence-electron chi connectivity index (χ0n) is 9.48. The molecule has 1 aromatic rings. The Morgan fingerprint density at radius 3 is 2.50 bits per heavy atom. The molecular weight excluding hydrogens is 230 g/mol. The van der Waals surface area contributed by atoms with Crippen LogP contribution in [0.15, 0.2) is 23.1 Å². The van der Waals surface area contributed by atoms with E-state index in [1.54, 1.807) is 18.2 Å². The van der Waals surface area contributed by atoms with Crippen LogP contribution in [0, 0.1) is 0 Å². The number of hydrogen-bond donors (Lipinski definition) is 1. The van der Waals surface area contributed by atoms with E-state index >= 15 is 0 Å². The van der Waals surface area contributed by atoms with Crippen LogP contribution in [0.1, 0.15) is 5.56 Å². The summed E-state index contributed by atoms with van der Waals surface area (Å²) < 4.78 is 28.0. The third-order valence-corrected chi connectivity index (χ3v) is 3.17. The van der Waals surface area contributed by atoms with Crippen molar-refractivity contribution in [3.05, 3.63) is 23.8 Å². The van der Waals surface area contributed by atoms with Crippen LogP contribution in [0.25, 0.3) is 0 Å². The van der Waals surface area contributed by atoms with Crippen molar-refractivity contribution in [2.24, 2.45) is 0 Å². The largest absolute Gasteiger partial charge is 0.495 e. The van der Waals surface area contributed by atoms with Crippen LogP contribution < -0.4 is 10.2 Å². The van der Waals surface area contributed by atoms with Gasteiger partial charge in [-0.2, -0.15) is 5.48 Å². The van der Waals surface area contributed by atoms with Gasteiger partial charge in [0.2, 0.25) is 0 Å². The molecule has 1 N–H and O–H groups in total. The predicted octanol–water partition coefficient (Wildman–Crippen LogP) is 0.750. The molecular formula is C10H15NO4S. The summed E-state index contributed by atoms with van der Waals surface area (Å²) in [6.45, 7) is 0.434. The summed E-state index contributed by atoms with van der Waals surface area (Å²) in [6.07, 6.45) is 1.15. The van der Waals surface area contributed by atoms with Crippen molar-refractivity contribution in [2.75, 3.05) is 20.5 Å². The van der Waals surface area contributed by atoms with E-state index < -0.39 is 9.84 Å². The van der Waals surface area contributed by atoms with Gasteiger partial charge in [0.05, 0.1) is 14.2 Å². The van der Waals surface area contributed by atoms with E-state index in [1.165, 1.54) is 14.2 Å². The summed E-state index contributed by atoms with van der Waals surface area (Å²) in [5, 5.41) is 0. The van der Waals surface area contributed by atoms with Gasteiger partial charge in [-0.1, -0.05) is 6.07 Å². The second-order valence-corrected chi connectivity index (χ2v) is 5.27. The topological polar surface area (TPSA) is 64.6 Å². The highest BCUT2D eigenvalue weighted by Crippen LogP contribution is 2.24. The molecule has 0 bridgehead atoms. The number of rotatable bonds is 5. The van der Waals surface area contributed by atoms with E-state index in [4.69, 9.17) is 9.57 Å². The Morgan fingerprint density at radius 1 is 1.31 bits per heavy atom. The molecule has 0 amide bonds. The molecule has 1 aromatic carbocycles. The molecule has 0 atom stereocenters. The van der Waals surface area contributed by atoms with Crippen molar-refractivity contribution in [2.45, 2.75) is 11.4 Å². The van der Waals surface area contributed by atoms with Crippen molar-refractivity contribution in [3.8, 4) is 5.75 Å². The average Bonchev–Trinajstić information content (AvgIpc) is 2.24. The fourth-order valence-corrected chi connectivity index (χ4v) is 2.16. The Labute approximate surface area is 95.2 Å². The number of hydroxylamine groups is 1. The van der Waals surface area contributed by atoms with Crippen molar-refractivity contribution in [3.63, 3.8) is 0 Å². The van der Waals surface area contributed by atoms with Crippen molar-refractivity contribution in [1.29, 1.82) is 0 Å². The van der Waals surface area contributed by atoms with Gasteiger partial charge in [-0.3, -0.25) is 0 Å². The lowest BCUT2D eigenvalue weighted by atomic mass is 10.2. The SMILES string of the molecule is CONCc1ccc(OC)c(S(C)(=O)=O)c1. The molecule has 0 aliphatic rings. The van der Waals surface area contributed by atoms with Crippen LogP contribution in [0.3, 0.4) is 0 Å². The van der Waals surface area contributed by atoms with Crippen LogP contribution in [0.4, 0.5) is 0 Å². The van der Waals surface area contributed by atoms with Gasteiger partial charge in [0.1, 0.15) is 10.6 Å². The van der Waals surface area contributed by atoms with Crippen LogP contribution >= 0.6 is 0 Å². The number of hydrogen-bond acceptors (Lipinski definition) is 5. The molecule has 90 valence electrons. The highest BCUT2D eigenvalue weighted by molar-refractivity contribution is 7.90. The Kier molecular flexibility index (Phi) is 4.28. The second kappa shape index (κ2) is 5.29.